The number of carbonyl (C=O) groups excluding carboxylic acids is 1. The molecule has 1 aliphatic rings. The largest absolute Gasteiger partial charge is 0.481 e. The van der Waals surface area contributed by atoms with E-state index in [-0.39, 0.29) is 17.7 Å². The molecule has 1 aliphatic heterocycles. The van der Waals surface area contributed by atoms with Crippen molar-refractivity contribution in [2.24, 2.45) is 0 Å². The highest BCUT2D eigenvalue weighted by atomic mass is 32.2. The smallest absolute Gasteiger partial charge is 0.307 e. The third kappa shape index (κ3) is 7.11. The molecule has 3 aromatic rings. The van der Waals surface area contributed by atoms with Gasteiger partial charge in [-0.1, -0.05) is 25.1 Å². The number of likely N-dealkylation sites (N-methyl/N-ethyl adjacent to an activating group) is 1. The fourth-order valence-corrected chi connectivity index (χ4v) is 6.17. The number of anilines is 3. The number of hydrogen-bond donors (Lipinski definition) is 3. The number of carbonyl (C=O) groups is 2. The second kappa shape index (κ2) is 12.5. The molecule has 1 heterocycles. The highest BCUT2D eigenvalue weighted by molar-refractivity contribution is 7.92. The minimum Gasteiger partial charge on any atom is -0.481 e. The number of hydrogen-bond acceptors (Lipinski definition) is 6. The summed E-state index contributed by atoms with van der Waals surface area (Å²) in [5.41, 5.74) is 3.70. The first kappa shape index (κ1) is 29.8. The quantitative estimate of drug-likeness (QED) is 0.270. The van der Waals surface area contributed by atoms with Crippen LogP contribution in [0.15, 0.2) is 66.7 Å². The Kier molecular flexibility index (Phi) is 9.09. The number of fused-ring (bicyclic) bond motifs is 1. The number of amides is 1. The number of nitrogens with one attached hydrogen (secondary N) is 2. The highest BCUT2D eigenvalue weighted by Crippen LogP contribution is 2.38. The minimum atomic E-state index is -3.53. The Labute approximate surface area is 239 Å². The van der Waals surface area contributed by atoms with Gasteiger partial charge in [0.05, 0.1) is 34.8 Å². The molecule has 41 heavy (non-hydrogen) atoms. The fourth-order valence-electron chi connectivity index (χ4n) is 4.63. The summed E-state index contributed by atoms with van der Waals surface area (Å²) >= 11 is 0. The molecule has 0 spiro atoms. The predicted octanol–water partition coefficient (Wildman–Crippen LogP) is 4.49. The van der Waals surface area contributed by atoms with Gasteiger partial charge in [-0.3, -0.25) is 13.9 Å². The number of carboxylic acid groups (broad SMARTS) is 1. The SMILES string of the molecule is CCCS(=O)(=O)N(CCN(C)C)c1ccc(NC(=C2C(=O)Nc3cc(F)ccc32)c2cccc(CC(=O)O)c2)cc1. The third-order valence-electron chi connectivity index (χ3n) is 6.52. The van der Waals surface area contributed by atoms with Crippen LogP contribution >= 0.6 is 0 Å². The molecule has 4 rings (SSSR count). The molecule has 0 saturated carbocycles. The molecule has 3 N–H and O–H groups in total. The number of nitrogens with zero attached hydrogens (tertiary/aromatic N) is 2. The average Bonchev–Trinajstić information content (AvgIpc) is 3.22. The lowest BCUT2D eigenvalue weighted by molar-refractivity contribution is -0.136. The Morgan fingerprint density at radius 2 is 1.76 bits per heavy atom. The molecule has 1 amide bonds. The molecule has 0 radical (unpaired) electrons. The van der Waals surface area contributed by atoms with Crippen LogP contribution in [0.2, 0.25) is 0 Å². The third-order valence-corrected chi connectivity index (χ3v) is 8.51. The van der Waals surface area contributed by atoms with Crippen LogP contribution in [0.1, 0.15) is 30.0 Å². The van der Waals surface area contributed by atoms with Crippen molar-refractivity contribution in [3.63, 3.8) is 0 Å². The zero-order valence-electron chi connectivity index (χ0n) is 23.1. The molecule has 3 aromatic carbocycles. The van der Waals surface area contributed by atoms with Crippen molar-refractivity contribution in [1.82, 2.24) is 4.90 Å². The number of rotatable bonds is 12. The maximum atomic E-state index is 13.9. The Hall–Kier alpha value is -4.22. The second-order valence-corrected chi connectivity index (χ2v) is 12.0. The van der Waals surface area contributed by atoms with Crippen LogP contribution in [-0.2, 0) is 26.0 Å². The number of carboxylic acids is 1. The Balaban J connectivity index is 1.77. The van der Waals surface area contributed by atoms with Gasteiger partial charge in [-0.2, -0.15) is 0 Å². The van der Waals surface area contributed by atoms with Gasteiger partial charge >= 0.3 is 5.97 Å². The van der Waals surface area contributed by atoms with Crippen LogP contribution in [0.4, 0.5) is 21.5 Å². The summed E-state index contributed by atoms with van der Waals surface area (Å²) in [7, 11) is 0.231. The zero-order chi connectivity index (χ0) is 29.7. The first-order chi connectivity index (χ1) is 19.5. The molecule has 0 unspecified atom stereocenters. The van der Waals surface area contributed by atoms with Crippen molar-refractivity contribution in [2.45, 2.75) is 19.8 Å². The van der Waals surface area contributed by atoms with Gasteiger partial charge in [0.15, 0.2) is 0 Å². The van der Waals surface area contributed by atoms with Crippen LogP contribution in [0.25, 0.3) is 11.3 Å². The van der Waals surface area contributed by atoms with Gasteiger partial charge in [0, 0.05) is 24.3 Å². The Morgan fingerprint density at radius 3 is 2.41 bits per heavy atom. The van der Waals surface area contributed by atoms with Crippen molar-refractivity contribution in [1.29, 1.82) is 0 Å². The maximum absolute atomic E-state index is 13.9. The van der Waals surface area contributed by atoms with E-state index in [1.807, 2.05) is 25.9 Å². The molecule has 0 aliphatic carbocycles. The molecule has 0 fully saturated rings. The summed E-state index contributed by atoms with van der Waals surface area (Å²) < 4.78 is 41.4. The number of benzene rings is 3. The summed E-state index contributed by atoms with van der Waals surface area (Å²) in [6, 6.07) is 17.7. The normalized spacial score (nSPS) is 14.0. The maximum Gasteiger partial charge on any atom is 0.307 e. The van der Waals surface area contributed by atoms with Crippen molar-refractivity contribution in [3.8, 4) is 0 Å². The minimum absolute atomic E-state index is 0.0263. The van der Waals surface area contributed by atoms with Crippen molar-refractivity contribution in [3.05, 3.63) is 89.2 Å². The lowest BCUT2D eigenvalue weighted by atomic mass is 9.98. The molecule has 216 valence electrons. The van der Waals surface area contributed by atoms with E-state index in [0.717, 1.165) is 0 Å². The standard InChI is InChI=1S/C30H33FN4O5S/c1-4-16-41(39,40)35(15-14-34(2)3)24-11-9-23(10-12-24)32-29(21-7-5-6-20(17-21)18-27(36)37)28-25-13-8-22(31)19-26(25)33-30(28)38/h5-13,17,19,32H,4,14-16,18H2,1-3H3,(H,33,38)(H,36,37). The van der Waals surface area contributed by atoms with E-state index in [1.54, 1.807) is 48.5 Å². The van der Waals surface area contributed by atoms with Gasteiger partial charge in [-0.25, -0.2) is 12.8 Å². The van der Waals surface area contributed by atoms with E-state index < -0.39 is 27.7 Å². The van der Waals surface area contributed by atoms with E-state index in [1.165, 1.54) is 22.5 Å². The molecular formula is C30H33FN4O5S. The van der Waals surface area contributed by atoms with Crippen molar-refractivity contribution >= 4 is 50.2 Å². The predicted molar refractivity (Wildman–Crippen MR) is 160 cm³/mol. The molecule has 0 bridgehead atoms. The first-order valence-corrected chi connectivity index (χ1v) is 14.8. The number of sulfonamides is 1. The van der Waals surface area contributed by atoms with Crippen molar-refractivity contribution in [2.75, 3.05) is 47.9 Å². The summed E-state index contributed by atoms with van der Waals surface area (Å²) in [5.74, 6) is -1.89. The first-order valence-electron chi connectivity index (χ1n) is 13.2. The summed E-state index contributed by atoms with van der Waals surface area (Å²) in [6.45, 7) is 2.66. The van der Waals surface area contributed by atoms with Gasteiger partial charge < -0.3 is 20.6 Å². The molecule has 0 saturated heterocycles. The number of halogens is 1. The number of aliphatic carboxylic acids is 1. The molecular weight excluding hydrogens is 547 g/mol. The lowest BCUT2D eigenvalue weighted by Crippen LogP contribution is -2.38. The van der Waals surface area contributed by atoms with Gasteiger partial charge in [-0.15, -0.1) is 0 Å². The molecule has 11 heteroatoms. The highest BCUT2D eigenvalue weighted by Gasteiger charge is 2.29. The summed E-state index contributed by atoms with van der Waals surface area (Å²) in [6.07, 6.45) is 0.292. The van der Waals surface area contributed by atoms with E-state index in [2.05, 4.69) is 10.6 Å². The summed E-state index contributed by atoms with van der Waals surface area (Å²) in [5, 5.41) is 15.3. The van der Waals surface area contributed by atoms with Crippen LogP contribution in [0, 0.1) is 5.82 Å². The van der Waals surface area contributed by atoms with Gasteiger partial charge in [0.1, 0.15) is 5.82 Å². The molecule has 0 atom stereocenters. The van der Waals surface area contributed by atoms with Crippen LogP contribution in [0.3, 0.4) is 0 Å². The van der Waals surface area contributed by atoms with E-state index in [4.69, 9.17) is 0 Å². The van der Waals surface area contributed by atoms with Gasteiger partial charge in [-0.05, 0) is 80.2 Å². The summed E-state index contributed by atoms with van der Waals surface area (Å²) in [4.78, 5) is 26.4. The molecule has 9 nitrogen and oxygen atoms in total. The van der Waals surface area contributed by atoms with Gasteiger partial charge in [0.2, 0.25) is 10.0 Å². The van der Waals surface area contributed by atoms with Crippen LogP contribution < -0.4 is 14.9 Å². The average molecular weight is 581 g/mol. The van der Waals surface area contributed by atoms with E-state index >= 15 is 0 Å². The van der Waals surface area contributed by atoms with Crippen LogP contribution in [0.5, 0.6) is 0 Å². The van der Waals surface area contributed by atoms with Gasteiger partial charge in [0.25, 0.3) is 5.91 Å². The van der Waals surface area contributed by atoms with E-state index in [0.29, 0.717) is 59.0 Å². The monoisotopic (exact) mass is 580 g/mol. The molecule has 0 aromatic heterocycles. The lowest BCUT2D eigenvalue weighted by Gasteiger charge is -2.26. The van der Waals surface area contributed by atoms with E-state index in [9.17, 15) is 27.5 Å². The Bertz CT molecular complexity index is 1590. The second-order valence-electron chi connectivity index (χ2n) is 10.0. The zero-order valence-corrected chi connectivity index (χ0v) is 24.0. The Morgan fingerprint density at radius 1 is 1.02 bits per heavy atom. The van der Waals surface area contributed by atoms with Crippen LogP contribution in [-0.4, -0.2) is 63.2 Å². The van der Waals surface area contributed by atoms with Crippen molar-refractivity contribution < 1.29 is 27.5 Å². The topological polar surface area (TPSA) is 119 Å². The fraction of sp³-hybridized carbons (Fsp3) is 0.267.